The molecule has 2 aromatic rings. The highest BCUT2D eigenvalue weighted by Crippen LogP contribution is 2.37. The Morgan fingerprint density at radius 2 is 1.52 bits per heavy atom. The highest BCUT2D eigenvalue weighted by Gasteiger charge is 2.39. The molecule has 1 aliphatic heterocycles. The largest absolute Gasteiger partial charge is 0.465 e. The maximum atomic E-state index is 13.5. The molecule has 232 valence electrons. The number of hydrogen-bond acceptors (Lipinski definition) is 4. The van der Waals surface area contributed by atoms with E-state index in [0.29, 0.717) is 38.0 Å². The molecule has 1 heterocycles. The van der Waals surface area contributed by atoms with Crippen molar-refractivity contribution >= 4 is 11.9 Å². The molecule has 0 spiro atoms. The smallest absolute Gasteiger partial charge is 0.416 e. The van der Waals surface area contributed by atoms with Gasteiger partial charge in [0.05, 0.1) is 24.3 Å². The van der Waals surface area contributed by atoms with Gasteiger partial charge in [-0.3, -0.25) is 9.59 Å². The number of piperidine rings is 1. The lowest BCUT2D eigenvalue weighted by atomic mass is 9.91. The van der Waals surface area contributed by atoms with Crippen LogP contribution in [-0.2, 0) is 28.3 Å². The van der Waals surface area contributed by atoms with Crippen LogP contribution in [-0.4, -0.2) is 48.6 Å². The summed E-state index contributed by atoms with van der Waals surface area (Å²) in [4.78, 5) is 27.0. The number of amides is 1. The predicted molar refractivity (Wildman–Crippen MR) is 147 cm³/mol. The quantitative estimate of drug-likeness (QED) is 0.148. The van der Waals surface area contributed by atoms with Crippen LogP contribution in [0.1, 0.15) is 85.3 Å². The summed E-state index contributed by atoms with van der Waals surface area (Å²) >= 11 is 0. The number of carbonyl (C=O) groups is 2. The molecule has 2 aromatic carbocycles. The van der Waals surface area contributed by atoms with Crippen molar-refractivity contribution in [3.8, 4) is 0 Å². The number of ether oxygens (including phenoxy) is 1. The van der Waals surface area contributed by atoms with Gasteiger partial charge in [-0.25, -0.2) is 0 Å². The first-order chi connectivity index (χ1) is 19.9. The van der Waals surface area contributed by atoms with E-state index in [2.05, 4.69) is 12.2 Å². The Morgan fingerprint density at radius 1 is 0.905 bits per heavy atom. The van der Waals surface area contributed by atoms with Crippen molar-refractivity contribution < 1.29 is 40.7 Å². The number of nitrogens with zero attached hydrogens (tertiary/aromatic N) is 1. The Labute approximate surface area is 242 Å². The van der Waals surface area contributed by atoms with E-state index >= 15 is 0 Å². The lowest BCUT2D eigenvalue weighted by Crippen LogP contribution is -2.52. The van der Waals surface area contributed by atoms with Gasteiger partial charge in [-0.1, -0.05) is 69.4 Å². The van der Waals surface area contributed by atoms with Crippen LogP contribution >= 0.6 is 0 Å². The summed E-state index contributed by atoms with van der Waals surface area (Å²) in [7, 11) is 0. The third-order valence-electron chi connectivity index (χ3n) is 7.42. The first-order valence-corrected chi connectivity index (χ1v) is 14.4. The van der Waals surface area contributed by atoms with E-state index in [4.69, 9.17) is 4.74 Å². The molecule has 1 aliphatic rings. The monoisotopic (exact) mass is 600 g/mol. The van der Waals surface area contributed by atoms with Gasteiger partial charge in [0.25, 0.3) is 5.91 Å². The van der Waals surface area contributed by atoms with Gasteiger partial charge >= 0.3 is 18.3 Å². The van der Waals surface area contributed by atoms with Crippen LogP contribution in [0.4, 0.5) is 26.3 Å². The zero-order valence-electron chi connectivity index (χ0n) is 23.7. The average molecular weight is 601 g/mol. The number of unbranched alkanes of at least 4 members (excludes halogenated alkanes) is 5. The van der Waals surface area contributed by atoms with Gasteiger partial charge in [-0.2, -0.15) is 26.3 Å². The second-order valence-corrected chi connectivity index (χ2v) is 10.7. The minimum atomic E-state index is -5.06. The van der Waals surface area contributed by atoms with Crippen molar-refractivity contribution in [2.75, 3.05) is 19.7 Å². The van der Waals surface area contributed by atoms with Crippen molar-refractivity contribution in [1.29, 1.82) is 0 Å². The predicted octanol–water partition coefficient (Wildman–Crippen LogP) is 7.43. The van der Waals surface area contributed by atoms with Crippen LogP contribution in [0.25, 0.3) is 0 Å². The van der Waals surface area contributed by atoms with E-state index in [-0.39, 0.29) is 25.2 Å². The number of alkyl halides is 6. The molecule has 5 nitrogen and oxygen atoms in total. The number of hydrogen-bond donors (Lipinski definition) is 1. The first kappa shape index (κ1) is 33.4. The SMILES string of the molecule is CCCCCCCCOC(=O)CN[C@H]1CCN(C(=O)c2cc(C(F)(F)F)cc(C(F)(F)F)c2)[C@H](Cc2ccccc2)C1. The van der Waals surface area contributed by atoms with Gasteiger partial charge in [0.2, 0.25) is 0 Å². The second-order valence-electron chi connectivity index (χ2n) is 10.7. The molecular weight excluding hydrogens is 562 g/mol. The molecule has 3 rings (SSSR count). The summed E-state index contributed by atoms with van der Waals surface area (Å²) < 4.78 is 85.9. The Kier molecular flexibility index (Phi) is 12.3. The maximum absolute atomic E-state index is 13.5. The fraction of sp³-hybridized carbons (Fsp3) is 0.548. The van der Waals surface area contributed by atoms with Crippen molar-refractivity contribution in [2.24, 2.45) is 0 Å². The molecule has 0 radical (unpaired) electrons. The van der Waals surface area contributed by atoms with Gasteiger partial charge in [0.1, 0.15) is 0 Å². The van der Waals surface area contributed by atoms with E-state index in [1.54, 1.807) is 0 Å². The van der Waals surface area contributed by atoms with Crippen molar-refractivity contribution in [1.82, 2.24) is 10.2 Å². The topological polar surface area (TPSA) is 58.6 Å². The van der Waals surface area contributed by atoms with Gasteiger partial charge in [-0.15, -0.1) is 0 Å². The molecule has 0 saturated carbocycles. The standard InChI is InChI=1S/C31H38F6N2O3/c1-2-3-4-5-6-10-15-42-28(40)21-38-26-13-14-39(27(20-26)16-22-11-8-7-9-12-22)29(41)23-17-24(30(32,33)34)19-25(18-23)31(35,36)37/h7-9,11-12,17-19,26-27,38H,2-6,10,13-16,20-21H2,1H3/t26-,27+/m0/s1. The number of nitrogens with one attached hydrogen (secondary N) is 1. The second kappa shape index (κ2) is 15.4. The van der Waals surface area contributed by atoms with Crippen LogP contribution in [0.15, 0.2) is 48.5 Å². The molecule has 42 heavy (non-hydrogen) atoms. The number of likely N-dealkylation sites (tertiary alicyclic amines) is 1. The van der Waals surface area contributed by atoms with E-state index in [1.807, 2.05) is 30.3 Å². The molecular formula is C31H38F6N2O3. The minimum absolute atomic E-state index is 0.0138. The number of benzene rings is 2. The molecule has 0 aliphatic carbocycles. The Balaban J connectivity index is 1.69. The van der Waals surface area contributed by atoms with Crippen molar-refractivity contribution in [3.63, 3.8) is 0 Å². The molecule has 0 bridgehead atoms. The molecule has 11 heteroatoms. The lowest BCUT2D eigenvalue weighted by Gasteiger charge is -2.40. The summed E-state index contributed by atoms with van der Waals surface area (Å²) in [6, 6.07) is 9.35. The maximum Gasteiger partial charge on any atom is 0.416 e. The zero-order valence-corrected chi connectivity index (χ0v) is 23.7. The number of halogens is 6. The van der Waals surface area contributed by atoms with E-state index < -0.39 is 47.0 Å². The van der Waals surface area contributed by atoms with Crippen molar-refractivity contribution in [3.05, 3.63) is 70.8 Å². The van der Waals surface area contributed by atoms with Crippen LogP contribution in [0.2, 0.25) is 0 Å². The normalized spacial score (nSPS) is 17.7. The number of rotatable bonds is 13. The summed E-state index contributed by atoms with van der Waals surface area (Å²) in [5, 5.41) is 3.15. The van der Waals surface area contributed by atoms with Crippen LogP contribution < -0.4 is 5.32 Å². The lowest BCUT2D eigenvalue weighted by molar-refractivity contribution is -0.144. The summed E-state index contributed by atoms with van der Waals surface area (Å²) in [6.45, 7) is 2.55. The fourth-order valence-electron chi connectivity index (χ4n) is 5.17. The van der Waals surface area contributed by atoms with Gasteiger partial charge in [0, 0.05) is 24.2 Å². The third-order valence-corrected chi connectivity index (χ3v) is 7.42. The summed E-state index contributed by atoms with van der Waals surface area (Å²) in [5.41, 5.74) is -2.87. The fourth-order valence-corrected chi connectivity index (χ4v) is 5.17. The summed E-state index contributed by atoms with van der Waals surface area (Å²) in [6.07, 6.45) is -2.65. The van der Waals surface area contributed by atoms with Crippen LogP contribution in [0.3, 0.4) is 0 Å². The molecule has 1 amide bonds. The zero-order chi connectivity index (χ0) is 30.8. The van der Waals surface area contributed by atoms with Gasteiger partial charge in [-0.05, 0) is 49.4 Å². The van der Waals surface area contributed by atoms with E-state index in [9.17, 15) is 35.9 Å². The van der Waals surface area contributed by atoms with Gasteiger partial charge in [0.15, 0.2) is 0 Å². The highest BCUT2D eigenvalue weighted by molar-refractivity contribution is 5.95. The third kappa shape index (κ3) is 10.3. The average Bonchev–Trinajstić information content (AvgIpc) is 2.95. The summed E-state index contributed by atoms with van der Waals surface area (Å²) in [5.74, 6) is -1.30. The highest BCUT2D eigenvalue weighted by atomic mass is 19.4. The Hall–Kier alpha value is -3.08. The van der Waals surface area contributed by atoms with Crippen LogP contribution in [0.5, 0.6) is 0 Å². The molecule has 1 saturated heterocycles. The molecule has 0 unspecified atom stereocenters. The van der Waals surface area contributed by atoms with Crippen LogP contribution in [0, 0.1) is 0 Å². The van der Waals surface area contributed by atoms with Gasteiger partial charge < -0.3 is 15.0 Å². The number of carbonyl (C=O) groups excluding carboxylic acids is 2. The Bertz CT molecular complexity index is 1120. The molecule has 2 atom stereocenters. The molecule has 1 N–H and O–H groups in total. The van der Waals surface area contributed by atoms with E-state index in [0.717, 1.165) is 37.7 Å². The molecule has 0 aromatic heterocycles. The number of esters is 1. The van der Waals surface area contributed by atoms with Crippen molar-refractivity contribution in [2.45, 2.75) is 89.1 Å². The minimum Gasteiger partial charge on any atom is -0.465 e. The first-order valence-electron chi connectivity index (χ1n) is 14.4. The Morgan fingerprint density at radius 3 is 2.14 bits per heavy atom. The van der Waals surface area contributed by atoms with E-state index in [1.165, 1.54) is 11.3 Å². The molecule has 1 fully saturated rings.